The number of likely N-dealkylation sites (N-methyl/N-ethyl adjacent to an activating group) is 2. The number of carbonyl (C=O) groups excluding carboxylic acids is 1. The normalized spacial score (nSPS) is 17.1. The predicted molar refractivity (Wildman–Crippen MR) is 96.0 cm³/mol. The maximum Gasteiger partial charge on any atom is 0.321 e. The first-order chi connectivity index (χ1) is 11.5. The number of hydrogen-bond acceptors (Lipinski definition) is 4. The molecule has 130 valence electrons. The van der Waals surface area contributed by atoms with Gasteiger partial charge in [0.05, 0.1) is 6.10 Å². The summed E-state index contributed by atoms with van der Waals surface area (Å²) >= 11 is 0. The summed E-state index contributed by atoms with van der Waals surface area (Å²) < 4.78 is 0. The average molecular weight is 330 g/mol. The third-order valence-electron chi connectivity index (χ3n) is 4.18. The van der Waals surface area contributed by atoms with E-state index in [2.05, 4.69) is 28.1 Å². The highest BCUT2D eigenvalue weighted by atomic mass is 16.3. The number of piperazine rings is 1. The summed E-state index contributed by atoms with van der Waals surface area (Å²) in [6.45, 7) is 4.78. The van der Waals surface area contributed by atoms with Gasteiger partial charge in [0, 0.05) is 57.6 Å². The molecule has 0 bridgehead atoms. The van der Waals surface area contributed by atoms with E-state index in [0.717, 1.165) is 26.2 Å². The Balaban J connectivity index is 1.79. The lowest BCUT2D eigenvalue weighted by molar-refractivity contribution is 0.0670. The maximum atomic E-state index is 12.2. The quantitative estimate of drug-likeness (QED) is 0.782. The van der Waals surface area contributed by atoms with Crippen LogP contribution in [0, 0.1) is 12.3 Å². The molecular formula is C18H26N4O2. The van der Waals surface area contributed by atoms with Gasteiger partial charge in [-0.3, -0.25) is 4.90 Å². The molecule has 0 spiro atoms. The van der Waals surface area contributed by atoms with E-state index in [1.54, 1.807) is 31.3 Å². The molecule has 2 amide bonds. The molecule has 6 heteroatoms. The molecule has 1 heterocycles. The van der Waals surface area contributed by atoms with Gasteiger partial charge in [0.2, 0.25) is 0 Å². The van der Waals surface area contributed by atoms with Gasteiger partial charge in [-0.1, -0.05) is 12.0 Å². The Bertz CT molecular complexity index is 591. The van der Waals surface area contributed by atoms with Crippen LogP contribution in [0.3, 0.4) is 0 Å². The minimum absolute atomic E-state index is 0.262. The second kappa shape index (κ2) is 8.69. The van der Waals surface area contributed by atoms with Crippen LogP contribution >= 0.6 is 0 Å². The van der Waals surface area contributed by atoms with Crippen molar-refractivity contribution < 1.29 is 9.90 Å². The number of urea groups is 1. The number of rotatable bonds is 5. The molecule has 1 saturated heterocycles. The number of hydrogen-bond donors (Lipinski definition) is 2. The minimum atomic E-state index is -0.568. The zero-order valence-corrected chi connectivity index (χ0v) is 14.4. The van der Waals surface area contributed by atoms with E-state index in [0.29, 0.717) is 17.8 Å². The number of β-amino-alcohol motifs (C(OH)–C–C–N with tert-alkyl or cyclic N) is 1. The summed E-state index contributed by atoms with van der Waals surface area (Å²) in [5, 5.41) is 13.0. The van der Waals surface area contributed by atoms with Gasteiger partial charge >= 0.3 is 6.03 Å². The minimum Gasteiger partial charge on any atom is -0.390 e. The Morgan fingerprint density at radius 3 is 2.79 bits per heavy atom. The van der Waals surface area contributed by atoms with Crippen molar-refractivity contribution in [2.24, 2.45) is 0 Å². The summed E-state index contributed by atoms with van der Waals surface area (Å²) in [5.41, 5.74) is 1.36. The van der Waals surface area contributed by atoms with Crippen LogP contribution in [-0.2, 0) is 0 Å². The van der Waals surface area contributed by atoms with Crippen molar-refractivity contribution in [3.63, 3.8) is 0 Å². The summed E-state index contributed by atoms with van der Waals surface area (Å²) in [5.74, 6) is 2.54. The molecule has 0 unspecified atom stereocenters. The second-order valence-corrected chi connectivity index (χ2v) is 6.29. The summed E-state index contributed by atoms with van der Waals surface area (Å²) in [6.07, 6.45) is 4.79. The number of nitrogens with zero attached hydrogens (tertiary/aromatic N) is 3. The fourth-order valence-electron chi connectivity index (χ4n) is 2.69. The van der Waals surface area contributed by atoms with Crippen LogP contribution in [0.1, 0.15) is 5.56 Å². The van der Waals surface area contributed by atoms with Crippen molar-refractivity contribution in [3.05, 3.63) is 29.8 Å². The lowest BCUT2D eigenvalue weighted by Gasteiger charge is -2.34. The van der Waals surface area contributed by atoms with Crippen LogP contribution in [0.25, 0.3) is 0 Å². The first kappa shape index (κ1) is 18.3. The van der Waals surface area contributed by atoms with E-state index in [9.17, 15) is 9.90 Å². The van der Waals surface area contributed by atoms with Crippen LogP contribution in [0.4, 0.5) is 10.5 Å². The van der Waals surface area contributed by atoms with Crippen molar-refractivity contribution >= 4 is 11.7 Å². The lowest BCUT2D eigenvalue weighted by atomic mass is 10.2. The largest absolute Gasteiger partial charge is 0.390 e. The number of aliphatic hydroxyl groups excluding tert-OH is 1. The molecule has 0 aromatic heterocycles. The van der Waals surface area contributed by atoms with Gasteiger partial charge in [-0.2, -0.15) is 0 Å². The fourth-order valence-corrected chi connectivity index (χ4v) is 2.69. The van der Waals surface area contributed by atoms with Gasteiger partial charge in [0.15, 0.2) is 0 Å². The molecule has 2 rings (SSSR count). The number of benzene rings is 1. The SMILES string of the molecule is C#Cc1cccc(NC(=O)N(C)C[C@@H](O)CN2CCN(C)CC2)c1. The Morgan fingerprint density at radius 2 is 2.12 bits per heavy atom. The number of aliphatic hydroxyl groups is 1. The highest BCUT2D eigenvalue weighted by Gasteiger charge is 2.19. The van der Waals surface area contributed by atoms with Crippen molar-refractivity contribution in [2.45, 2.75) is 6.10 Å². The van der Waals surface area contributed by atoms with Crippen molar-refractivity contribution in [1.82, 2.24) is 14.7 Å². The molecule has 6 nitrogen and oxygen atoms in total. The zero-order chi connectivity index (χ0) is 17.5. The molecule has 1 aromatic carbocycles. The van der Waals surface area contributed by atoms with E-state index in [1.165, 1.54) is 4.90 Å². The molecule has 0 radical (unpaired) electrons. The topological polar surface area (TPSA) is 59.1 Å². The Hall–Kier alpha value is -2.07. The molecule has 0 aliphatic carbocycles. The van der Waals surface area contributed by atoms with Crippen LogP contribution in [0.2, 0.25) is 0 Å². The number of anilines is 1. The summed E-state index contributed by atoms with van der Waals surface area (Å²) in [7, 11) is 3.77. The number of nitrogens with one attached hydrogen (secondary N) is 1. The fraction of sp³-hybridized carbons (Fsp3) is 0.500. The molecule has 1 aliphatic rings. The van der Waals surface area contributed by atoms with Gasteiger partial charge in [0.25, 0.3) is 0 Å². The monoisotopic (exact) mass is 330 g/mol. The Labute approximate surface area is 144 Å². The van der Waals surface area contributed by atoms with Gasteiger partial charge in [0.1, 0.15) is 0 Å². The maximum absolute atomic E-state index is 12.2. The first-order valence-corrected chi connectivity index (χ1v) is 8.15. The molecular weight excluding hydrogens is 304 g/mol. The number of amides is 2. The molecule has 2 N–H and O–H groups in total. The highest BCUT2D eigenvalue weighted by Crippen LogP contribution is 2.10. The van der Waals surface area contributed by atoms with Gasteiger partial charge in [-0.05, 0) is 25.2 Å². The molecule has 24 heavy (non-hydrogen) atoms. The first-order valence-electron chi connectivity index (χ1n) is 8.15. The van der Waals surface area contributed by atoms with Gasteiger partial charge in [-0.25, -0.2) is 4.79 Å². The predicted octanol–water partition coefficient (Wildman–Crippen LogP) is 0.740. The molecule has 0 saturated carbocycles. The Morgan fingerprint density at radius 1 is 1.42 bits per heavy atom. The van der Waals surface area contributed by atoms with Crippen molar-refractivity contribution in [1.29, 1.82) is 0 Å². The van der Waals surface area contributed by atoms with E-state index in [-0.39, 0.29) is 12.6 Å². The van der Waals surface area contributed by atoms with Gasteiger partial charge < -0.3 is 20.2 Å². The average Bonchev–Trinajstić information content (AvgIpc) is 2.57. The van der Waals surface area contributed by atoms with Crippen LogP contribution in [-0.4, -0.2) is 85.3 Å². The zero-order valence-electron chi connectivity index (χ0n) is 14.4. The summed E-state index contributed by atoms with van der Waals surface area (Å²) in [6, 6.07) is 6.87. The molecule has 1 atom stereocenters. The summed E-state index contributed by atoms with van der Waals surface area (Å²) in [4.78, 5) is 18.2. The van der Waals surface area contributed by atoms with Crippen molar-refractivity contribution in [3.8, 4) is 12.3 Å². The number of terminal acetylenes is 1. The highest BCUT2D eigenvalue weighted by molar-refractivity contribution is 5.89. The van der Waals surface area contributed by atoms with Gasteiger partial charge in [-0.15, -0.1) is 6.42 Å². The molecule has 1 aromatic rings. The Kier molecular flexibility index (Phi) is 6.62. The van der Waals surface area contributed by atoms with E-state index in [4.69, 9.17) is 6.42 Å². The molecule has 1 aliphatic heterocycles. The van der Waals surface area contributed by atoms with Crippen LogP contribution in [0.15, 0.2) is 24.3 Å². The molecule has 1 fully saturated rings. The van der Waals surface area contributed by atoms with Crippen LogP contribution < -0.4 is 5.32 Å². The smallest absolute Gasteiger partial charge is 0.321 e. The van der Waals surface area contributed by atoms with Crippen molar-refractivity contribution in [2.75, 3.05) is 58.7 Å². The third-order valence-corrected chi connectivity index (χ3v) is 4.18. The second-order valence-electron chi connectivity index (χ2n) is 6.29. The van der Waals surface area contributed by atoms with E-state index >= 15 is 0 Å². The van der Waals surface area contributed by atoms with E-state index < -0.39 is 6.10 Å². The lowest BCUT2D eigenvalue weighted by Crippen LogP contribution is -2.49. The number of carbonyl (C=O) groups is 1. The van der Waals surface area contributed by atoms with Crippen LogP contribution in [0.5, 0.6) is 0 Å². The third kappa shape index (κ3) is 5.53. The van der Waals surface area contributed by atoms with E-state index in [1.807, 2.05) is 0 Å². The standard InChI is InChI=1S/C18H26N4O2/c1-4-15-6-5-7-16(12-15)19-18(24)21(3)13-17(23)14-22-10-8-20(2)9-11-22/h1,5-7,12,17,23H,8-11,13-14H2,2-3H3,(H,19,24)/t17-/m1/s1.